The topological polar surface area (TPSA) is 115 Å². The number of nitrogens with one attached hydrogen (secondary N) is 2. The molecule has 0 fully saturated rings. The molecule has 3 rings (SSSR count). The van der Waals surface area contributed by atoms with Crippen molar-refractivity contribution in [2.24, 2.45) is 0 Å². The molecule has 152 valence electrons. The zero-order valence-corrected chi connectivity index (χ0v) is 17.2. The van der Waals surface area contributed by atoms with E-state index in [9.17, 15) is 13.2 Å². The van der Waals surface area contributed by atoms with Crippen molar-refractivity contribution >= 4 is 27.3 Å². The van der Waals surface area contributed by atoms with Gasteiger partial charge in [-0.1, -0.05) is 17.3 Å². The number of sulfonamides is 1. The maximum Gasteiger partial charge on any atom is 0.278 e. The minimum absolute atomic E-state index is 0.167. The molecule has 0 aliphatic rings. The Morgan fingerprint density at radius 1 is 1.14 bits per heavy atom. The van der Waals surface area contributed by atoms with Gasteiger partial charge in [0.05, 0.1) is 30.4 Å². The molecule has 1 aromatic heterocycles. The third kappa shape index (κ3) is 4.72. The Kier molecular flexibility index (Phi) is 5.55. The Morgan fingerprint density at radius 2 is 1.90 bits per heavy atom. The number of carbonyl (C=O) groups is 1. The molecule has 0 unspecified atom stereocenters. The van der Waals surface area contributed by atoms with E-state index in [0.29, 0.717) is 17.1 Å². The molecule has 2 aromatic carbocycles. The average Bonchev–Trinajstić information content (AvgIpc) is 3.02. The van der Waals surface area contributed by atoms with E-state index < -0.39 is 15.9 Å². The molecule has 0 aliphatic carbocycles. The lowest BCUT2D eigenvalue weighted by molar-refractivity contribution is 0.102. The minimum atomic E-state index is -3.51. The number of anilines is 2. The number of hydrogen-bond donors (Lipinski definition) is 2. The van der Waals surface area contributed by atoms with Crippen LogP contribution in [0.3, 0.4) is 0 Å². The van der Waals surface area contributed by atoms with Crippen molar-refractivity contribution in [3.63, 3.8) is 0 Å². The molecule has 10 heteroatoms. The first-order chi connectivity index (χ1) is 13.7. The van der Waals surface area contributed by atoms with Crippen LogP contribution in [0, 0.1) is 13.8 Å². The van der Waals surface area contributed by atoms with Crippen molar-refractivity contribution in [1.29, 1.82) is 0 Å². The highest BCUT2D eigenvalue weighted by Gasteiger charge is 2.18. The van der Waals surface area contributed by atoms with E-state index in [0.717, 1.165) is 17.5 Å². The number of methoxy groups -OCH3 is 1. The van der Waals surface area contributed by atoms with Crippen LogP contribution < -0.4 is 14.8 Å². The van der Waals surface area contributed by atoms with Gasteiger partial charge in [-0.2, -0.15) is 0 Å². The Labute approximate surface area is 168 Å². The van der Waals surface area contributed by atoms with Gasteiger partial charge in [0, 0.05) is 5.69 Å². The van der Waals surface area contributed by atoms with Crippen LogP contribution in [-0.4, -0.2) is 42.7 Å². The number of benzene rings is 2. The summed E-state index contributed by atoms with van der Waals surface area (Å²) in [4.78, 5) is 12.7. The Morgan fingerprint density at radius 3 is 2.55 bits per heavy atom. The fraction of sp³-hybridized carbons (Fsp3) is 0.211. The summed E-state index contributed by atoms with van der Waals surface area (Å²) in [6, 6.07) is 12.3. The lowest BCUT2D eigenvalue weighted by Gasteiger charge is -2.12. The molecule has 3 aromatic rings. The quantitative estimate of drug-likeness (QED) is 0.639. The van der Waals surface area contributed by atoms with Crippen molar-refractivity contribution < 1.29 is 17.9 Å². The Hall–Kier alpha value is -3.40. The predicted molar refractivity (Wildman–Crippen MR) is 110 cm³/mol. The second-order valence-electron chi connectivity index (χ2n) is 6.52. The van der Waals surface area contributed by atoms with E-state index in [1.807, 2.05) is 31.2 Å². The summed E-state index contributed by atoms with van der Waals surface area (Å²) in [6.07, 6.45) is 1.03. The molecule has 0 atom stereocenters. The van der Waals surface area contributed by atoms with Crippen molar-refractivity contribution in [2.45, 2.75) is 13.8 Å². The van der Waals surface area contributed by atoms with E-state index >= 15 is 0 Å². The van der Waals surface area contributed by atoms with Crippen LogP contribution in [0.5, 0.6) is 5.75 Å². The van der Waals surface area contributed by atoms with Gasteiger partial charge in [0.1, 0.15) is 5.75 Å². The van der Waals surface area contributed by atoms with Gasteiger partial charge in [0.15, 0.2) is 5.69 Å². The molecule has 0 radical (unpaired) electrons. The van der Waals surface area contributed by atoms with Crippen LogP contribution in [0.25, 0.3) is 5.69 Å². The number of aromatic nitrogens is 3. The predicted octanol–water partition coefficient (Wildman–Crippen LogP) is 2.52. The van der Waals surface area contributed by atoms with Crippen LogP contribution in [0.4, 0.5) is 11.4 Å². The van der Waals surface area contributed by atoms with Gasteiger partial charge in [0.25, 0.3) is 5.91 Å². The molecule has 0 bridgehead atoms. The second-order valence-corrected chi connectivity index (χ2v) is 8.27. The molecular formula is C19H21N5O4S. The maximum atomic E-state index is 12.7. The summed E-state index contributed by atoms with van der Waals surface area (Å²) in [7, 11) is -2.09. The lowest BCUT2D eigenvalue weighted by Crippen LogP contribution is -2.15. The highest BCUT2D eigenvalue weighted by molar-refractivity contribution is 7.92. The number of amides is 1. The summed E-state index contributed by atoms with van der Waals surface area (Å²) >= 11 is 0. The highest BCUT2D eigenvalue weighted by atomic mass is 32.2. The number of rotatable bonds is 6. The molecule has 29 heavy (non-hydrogen) atoms. The number of hydrogen-bond acceptors (Lipinski definition) is 6. The fourth-order valence-corrected chi connectivity index (χ4v) is 3.36. The SMILES string of the molecule is COc1ccc(NC(=O)c2nnn(-c3cccc(C)c3)c2C)cc1NS(C)(=O)=O. The van der Waals surface area contributed by atoms with Crippen LogP contribution in [0.2, 0.25) is 0 Å². The van der Waals surface area contributed by atoms with Crippen molar-refractivity contribution in [3.8, 4) is 11.4 Å². The second kappa shape index (κ2) is 7.92. The highest BCUT2D eigenvalue weighted by Crippen LogP contribution is 2.29. The van der Waals surface area contributed by atoms with Crippen LogP contribution in [0.15, 0.2) is 42.5 Å². The Balaban J connectivity index is 1.87. The number of aryl methyl sites for hydroxylation is 1. The zero-order chi connectivity index (χ0) is 21.2. The molecule has 0 spiro atoms. The summed E-state index contributed by atoms with van der Waals surface area (Å²) in [5.41, 5.74) is 3.21. The number of carbonyl (C=O) groups excluding carboxylic acids is 1. The molecule has 1 heterocycles. The smallest absolute Gasteiger partial charge is 0.278 e. The van der Waals surface area contributed by atoms with Gasteiger partial charge in [-0.25, -0.2) is 13.1 Å². The molecular weight excluding hydrogens is 394 g/mol. The molecule has 0 saturated carbocycles. The van der Waals surface area contributed by atoms with Crippen LogP contribution in [0.1, 0.15) is 21.7 Å². The third-order valence-corrected chi connectivity index (χ3v) is 4.70. The Bertz CT molecular complexity index is 1170. The van der Waals surface area contributed by atoms with E-state index in [2.05, 4.69) is 20.4 Å². The van der Waals surface area contributed by atoms with Gasteiger partial charge in [-0.3, -0.25) is 9.52 Å². The third-order valence-electron chi connectivity index (χ3n) is 4.11. The summed E-state index contributed by atoms with van der Waals surface area (Å²) in [6.45, 7) is 3.72. The standard InChI is InChI=1S/C19H21N5O4S/c1-12-6-5-7-15(10-12)24-13(2)18(21-23-24)19(25)20-14-8-9-17(28-3)16(11-14)22-29(4,26)27/h5-11,22H,1-4H3,(H,20,25). The minimum Gasteiger partial charge on any atom is -0.495 e. The lowest BCUT2D eigenvalue weighted by atomic mass is 10.2. The van der Waals surface area contributed by atoms with Crippen molar-refractivity contribution in [3.05, 3.63) is 59.4 Å². The first kappa shape index (κ1) is 20.3. The van der Waals surface area contributed by atoms with Gasteiger partial charge < -0.3 is 10.1 Å². The summed E-state index contributed by atoms with van der Waals surface area (Å²) in [5, 5.41) is 10.8. The van der Waals surface area contributed by atoms with Crippen LogP contribution >= 0.6 is 0 Å². The van der Waals surface area contributed by atoms with Gasteiger partial charge in [-0.05, 0) is 49.7 Å². The van der Waals surface area contributed by atoms with E-state index in [-0.39, 0.29) is 11.4 Å². The molecule has 1 amide bonds. The van der Waals surface area contributed by atoms with Gasteiger partial charge in [-0.15, -0.1) is 5.10 Å². The largest absolute Gasteiger partial charge is 0.495 e. The molecule has 0 saturated heterocycles. The normalized spacial score (nSPS) is 11.2. The van der Waals surface area contributed by atoms with E-state index in [1.54, 1.807) is 23.7 Å². The summed E-state index contributed by atoms with van der Waals surface area (Å²) in [5.74, 6) is -0.133. The monoisotopic (exact) mass is 415 g/mol. The molecule has 0 aliphatic heterocycles. The fourth-order valence-electron chi connectivity index (χ4n) is 2.80. The van der Waals surface area contributed by atoms with E-state index in [1.165, 1.54) is 13.2 Å². The van der Waals surface area contributed by atoms with Crippen molar-refractivity contribution in [2.75, 3.05) is 23.4 Å². The van der Waals surface area contributed by atoms with Crippen LogP contribution in [-0.2, 0) is 10.0 Å². The molecule has 2 N–H and O–H groups in total. The first-order valence-electron chi connectivity index (χ1n) is 8.64. The zero-order valence-electron chi connectivity index (χ0n) is 16.4. The summed E-state index contributed by atoms with van der Waals surface area (Å²) < 4.78 is 32.2. The average molecular weight is 415 g/mol. The van der Waals surface area contributed by atoms with Gasteiger partial charge >= 0.3 is 0 Å². The first-order valence-corrected chi connectivity index (χ1v) is 10.5. The number of nitrogens with zero attached hydrogens (tertiary/aromatic N) is 3. The van der Waals surface area contributed by atoms with Crippen molar-refractivity contribution in [1.82, 2.24) is 15.0 Å². The van der Waals surface area contributed by atoms with E-state index in [4.69, 9.17) is 4.74 Å². The maximum absolute atomic E-state index is 12.7. The van der Waals surface area contributed by atoms with Gasteiger partial charge in [0.2, 0.25) is 10.0 Å². The number of ether oxygens (including phenoxy) is 1. The molecule has 9 nitrogen and oxygen atoms in total.